The van der Waals surface area contributed by atoms with Crippen LogP contribution in [0.15, 0.2) is 59.4 Å². The number of fused-ring (bicyclic) bond motifs is 1. The van der Waals surface area contributed by atoms with Crippen molar-refractivity contribution in [3.8, 4) is 0 Å². The molecule has 4 aromatic rings. The number of benzene rings is 2. The summed E-state index contributed by atoms with van der Waals surface area (Å²) in [5.74, 6) is 0.430. The Bertz CT molecular complexity index is 1350. The fraction of sp³-hybridized carbons (Fsp3) is 0.308. The van der Waals surface area contributed by atoms with E-state index in [0.717, 1.165) is 11.1 Å². The average molecular weight is 512 g/mol. The molecular weight excluding hydrogens is 482 g/mol. The molecule has 0 saturated heterocycles. The monoisotopic (exact) mass is 511 g/mol. The van der Waals surface area contributed by atoms with E-state index in [0.29, 0.717) is 53.4 Å². The summed E-state index contributed by atoms with van der Waals surface area (Å²) in [5, 5.41) is 0.537. The van der Waals surface area contributed by atoms with E-state index in [-0.39, 0.29) is 23.9 Å². The predicted molar refractivity (Wildman–Crippen MR) is 144 cm³/mol. The lowest BCUT2D eigenvalue weighted by molar-refractivity contribution is 0.0664. The number of nitrogens with two attached hydrogens (primary N) is 1. The lowest BCUT2D eigenvalue weighted by Crippen LogP contribution is -2.41. The normalized spacial score (nSPS) is 11.8. The zero-order valence-corrected chi connectivity index (χ0v) is 21.7. The molecule has 0 radical (unpaired) electrons. The molecule has 184 valence electrons. The number of amides is 1. The number of aryl methyl sites for hydroxylation is 2. The summed E-state index contributed by atoms with van der Waals surface area (Å²) in [6.45, 7) is 6.83. The molecule has 2 N–H and O–H groups in total. The summed E-state index contributed by atoms with van der Waals surface area (Å²) in [5.41, 5.74) is 9.13. The first-order valence-electron chi connectivity index (χ1n) is 11.4. The Kier molecular flexibility index (Phi) is 8.77. The summed E-state index contributed by atoms with van der Waals surface area (Å²) < 4.78 is 6.06. The Balaban J connectivity index is 0.00000342. The van der Waals surface area contributed by atoms with Crippen molar-refractivity contribution < 1.29 is 4.79 Å². The van der Waals surface area contributed by atoms with Crippen LogP contribution in [0, 0.1) is 13.8 Å². The van der Waals surface area contributed by atoms with Crippen molar-refractivity contribution >= 4 is 40.1 Å². The molecule has 0 fully saturated rings. The molecule has 7 nitrogen and oxygen atoms in total. The van der Waals surface area contributed by atoms with Gasteiger partial charge in [-0.15, -0.1) is 12.4 Å². The Morgan fingerprint density at radius 2 is 1.80 bits per heavy atom. The van der Waals surface area contributed by atoms with Gasteiger partial charge in [0.1, 0.15) is 5.82 Å². The number of hydrogen-bond acceptors (Lipinski definition) is 6. The van der Waals surface area contributed by atoms with Crippen LogP contribution < -0.4 is 11.3 Å². The van der Waals surface area contributed by atoms with Crippen LogP contribution in [0.3, 0.4) is 0 Å². The van der Waals surface area contributed by atoms with Gasteiger partial charge in [0.05, 0.1) is 23.7 Å². The number of halogens is 1. The highest BCUT2D eigenvalue weighted by Gasteiger charge is 2.29. The van der Waals surface area contributed by atoms with Crippen molar-refractivity contribution in [1.29, 1.82) is 0 Å². The summed E-state index contributed by atoms with van der Waals surface area (Å²) in [6.07, 6.45) is 0.585. The number of aromatic nitrogens is 3. The van der Waals surface area contributed by atoms with Crippen LogP contribution in [0.1, 0.15) is 52.4 Å². The fourth-order valence-electron chi connectivity index (χ4n) is 4.20. The quantitative estimate of drug-likeness (QED) is 0.376. The molecule has 0 aliphatic rings. The van der Waals surface area contributed by atoms with E-state index in [9.17, 15) is 9.59 Å². The highest BCUT2D eigenvalue weighted by Crippen LogP contribution is 2.27. The maximum Gasteiger partial charge on any atom is 0.264 e. The van der Waals surface area contributed by atoms with Crippen molar-refractivity contribution in [3.05, 3.63) is 93.2 Å². The number of carbonyl (C=O) groups excluding carboxylic acids is 1. The summed E-state index contributed by atoms with van der Waals surface area (Å²) in [6, 6.07) is 16.9. The molecular formula is C26H30ClN5O2S. The molecule has 0 saturated carbocycles. The molecule has 9 heteroatoms. The topological polar surface area (TPSA) is 94.1 Å². The van der Waals surface area contributed by atoms with Crippen molar-refractivity contribution in [2.45, 2.75) is 39.8 Å². The minimum Gasteiger partial charge on any atom is -0.329 e. The second-order valence-electron chi connectivity index (χ2n) is 8.37. The number of carbonyl (C=O) groups is 1. The van der Waals surface area contributed by atoms with Crippen molar-refractivity contribution in [3.63, 3.8) is 0 Å². The summed E-state index contributed by atoms with van der Waals surface area (Å²) >= 11 is 1.21. The third-order valence-electron chi connectivity index (χ3n) is 5.97. The van der Waals surface area contributed by atoms with Gasteiger partial charge in [0, 0.05) is 18.7 Å². The maximum atomic E-state index is 13.7. The van der Waals surface area contributed by atoms with Crippen molar-refractivity contribution in [2.24, 2.45) is 5.73 Å². The minimum absolute atomic E-state index is 0. The molecule has 1 unspecified atom stereocenters. The van der Waals surface area contributed by atoms with Gasteiger partial charge in [0.2, 0.25) is 0 Å². The highest BCUT2D eigenvalue weighted by atomic mass is 35.5. The predicted octanol–water partition coefficient (Wildman–Crippen LogP) is 4.49. The molecule has 2 aromatic heterocycles. The molecule has 0 aliphatic carbocycles. The molecule has 0 bridgehead atoms. The second-order valence-corrected chi connectivity index (χ2v) is 9.12. The molecule has 35 heavy (non-hydrogen) atoms. The largest absolute Gasteiger partial charge is 0.329 e. The van der Waals surface area contributed by atoms with Gasteiger partial charge in [0.15, 0.2) is 4.83 Å². The minimum atomic E-state index is -0.416. The number of rotatable bonds is 8. The van der Waals surface area contributed by atoms with Crippen LogP contribution in [0.2, 0.25) is 0 Å². The molecule has 4 rings (SSSR count). The van der Waals surface area contributed by atoms with E-state index in [1.807, 2.05) is 75.4 Å². The molecule has 0 aliphatic heterocycles. The fourth-order valence-corrected chi connectivity index (χ4v) is 4.97. The van der Waals surface area contributed by atoms with Gasteiger partial charge in [-0.05, 0) is 49.5 Å². The standard InChI is InChI=1S/C26H29N5O2S.ClH/c1-4-21(30(15-14-27)25(32)20-12-10-17(2)11-13-20)23-28-24-22(18(3)29-34-24)26(33)31(23)16-19-8-6-5-7-9-19;/h5-13,21H,4,14-16,27H2,1-3H3;1H. The van der Waals surface area contributed by atoms with E-state index < -0.39 is 6.04 Å². The molecule has 2 aromatic carbocycles. The van der Waals surface area contributed by atoms with Gasteiger partial charge >= 0.3 is 0 Å². The van der Waals surface area contributed by atoms with Crippen LogP contribution in [0.5, 0.6) is 0 Å². The second kappa shape index (κ2) is 11.6. The van der Waals surface area contributed by atoms with Gasteiger partial charge in [-0.1, -0.05) is 55.0 Å². The first kappa shape index (κ1) is 26.5. The average Bonchev–Trinajstić information content (AvgIpc) is 3.22. The highest BCUT2D eigenvalue weighted by molar-refractivity contribution is 7.12. The molecule has 2 heterocycles. The zero-order chi connectivity index (χ0) is 24.2. The third-order valence-corrected chi connectivity index (χ3v) is 6.80. The van der Waals surface area contributed by atoms with Crippen LogP contribution in [0.4, 0.5) is 0 Å². The maximum absolute atomic E-state index is 13.7. The third kappa shape index (κ3) is 5.45. The van der Waals surface area contributed by atoms with Crippen LogP contribution in [-0.2, 0) is 6.54 Å². The van der Waals surface area contributed by atoms with Gasteiger partial charge in [-0.25, -0.2) is 4.98 Å². The lowest BCUT2D eigenvalue weighted by atomic mass is 10.1. The van der Waals surface area contributed by atoms with Crippen molar-refractivity contribution in [2.75, 3.05) is 13.1 Å². The smallest absolute Gasteiger partial charge is 0.264 e. The Hall–Kier alpha value is -3.07. The summed E-state index contributed by atoms with van der Waals surface area (Å²) in [7, 11) is 0. The lowest BCUT2D eigenvalue weighted by Gasteiger charge is -2.32. The Labute approximate surface area is 215 Å². The molecule has 1 atom stereocenters. The molecule has 0 spiro atoms. The van der Waals surface area contributed by atoms with Gasteiger partial charge in [0.25, 0.3) is 11.5 Å². The van der Waals surface area contributed by atoms with Crippen LogP contribution in [-0.4, -0.2) is 37.8 Å². The Morgan fingerprint density at radius 1 is 1.11 bits per heavy atom. The first-order valence-corrected chi connectivity index (χ1v) is 12.2. The van der Waals surface area contributed by atoms with E-state index in [4.69, 9.17) is 10.7 Å². The van der Waals surface area contributed by atoms with Crippen LogP contribution in [0.25, 0.3) is 10.2 Å². The number of nitrogens with zero attached hydrogens (tertiary/aromatic N) is 4. The van der Waals surface area contributed by atoms with Gasteiger partial charge < -0.3 is 10.6 Å². The van der Waals surface area contributed by atoms with Crippen LogP contribution >= 0.6 is 23.9 Å². The number of hydrogen-bond donors (Lipinski definition) is 1. The van der Waals surface area contributed by atoms with Crippen molar-refractivity contribution in [1.82, 2.24) is 18.8 Å². The Morgan fingerprint density at radius 3 is 2.43 bits per heavy atom. The molecule has 1 amide bonds. The van der Waals surface area contributed by atoms with E-state index in [2.05, 4.69) is 4.37 Å². The van der Waals surface area contributed by atoms with E-state index in [1.165, 1.54) is 11.5 Å². The first-order chi connectivity index (χ1) is 16.4. The summed E-state index contributed by atoms with van der Waals surface area (Å²) in [4.78, 5) is 34.5. The van der Waals surface area contributed by atoms with Gasteiger partial charge in [-0.3, -0.25) is 14.2 Å². The van der Waals surface area contributed by atoms with Gasteiger partial charge in [-0.2, -0.15) is 4.37 Å². The van der Waals surface area contributed by atoms with E-state index in [1.54, 1.807) is 9.47 Å². The van der Waals surface area contributed by atoms with E-state index >= 15 is 0 Å². The SMILES string of the molecule is CCC(c1nc2snc(C)c2c(=O)n1Cc1ccccc1)N(CCN)C(=O)c1ccc(C)cc1.Cl. The zero-order valence-electron chi connectivity index (χ0n) is 20.1.